The standard InChI is InChI=1S/C26H38N2O2.C2HF3O2/c1-22-8-12-25(13-9-22)30-26(16-20-27(2)3)23-10-14-24(15-11-23)29-21-7-19-28-17-5-4-6-18-28;3-2(4,5)1(6)7/h8-15,26H,4-7,16-21H2,1-3H3;(H,6,7). The number of ether oxygens (including phenoxy) is 2. The van der Waals surface area contributed by atoms with Crippen molar-refractivity contribution in [1.29, 1.82) is 0 Å². The van der Waals surface area contributed by atoms with Crippen LogP contribution in [0.3, 0.4) is 0 Å². The molecule has 1 aliphatic rings. The van der Waals surface area contributed by atoms with E-state index in [1.54, 1.807) is 0 Å². The van der Waals surface area contributed by atoms with E-state index in [1.807, 2.05) is 0 Å². The highest BCUT2D eigenvalue weighted by Gasteiger charge is 2.38. The highest BCUT2D eigenvalue weighted by molar-refractivity contribution is 5.73. The fourth-order valence-corrected chi connectivity index (χ4v) is 3.89. The van der Waals surface area contributed by atoms with Gasteiger partial charge >= 0.3 is 12.1 Å². The molecule has 37 heavy (non-hydrogen) atoms. The van der Waals surface area contributed by atoms with Crippen molar-refractivity contribution in [3.05, 3.63) is 59.7 Å². The summed E-state index contributed by atoms with van der Waals surface area (Å²) in [6, 6.07) is 16.8. The quantitative estimate of drug-likeness (QED) is 0.366. The number of hydrogen-bond donors (Lipinski definition) is 1. The van der Waals surface area contributed by atoms with Crippen LogP contribution in [0.5, 0.6) is 11.5 Å². The molecule has 0 aromatic heterocycles. The van der Waals surface area contributed by atoms with Gasteiger partial charge in [-0.15, -0.1) is 0 Å². The van der Waals surface area contributed by atoms with Crippen molar-refractivity contribution >= 4 is 5.97 Å². The third-order valence-corrected chi connectivity index (χ3v) is 5.97. The molecule has 0 bridgehead atoms. The van der Waals surface area contributed by atoms with Gasteiger partial charge in [0.15, 0.2) is 0 Å². The van der Waals surface area contributed by atoms with Gasteiger partial charge in [0.1, 0.15) is 17.6 Å². The molecular weight excluding hydrogens is 485 g/mol. The van der Waals surface area contributed by atoms with Crippen molar-refractivity contribution in [3.63, 3.8) is 0 Å². The highest BCUT2D eigenvalue weighted by Crippen LogP contribution is 2.27. The molecule has 9 heteroatoms. The second-order valence-corrected chi connectivity index (χ2v) is 9.49. The maximum atomic E-state index is 10.6. The third-order valence-electron chi connectivity index (χ3n) is 5.97. The number of hydrogen-bond acceptors (Lipinski definition) is 5. The molecule has 1 heterocycles. The molecule has 3 rings (SSSR count). The normalized spacial score (nSPS) is 15.0. The van der Waals surface area contributed by atoms with Gasteiger partial charge in [-0.2, -0.15) is 13.2 Å². The Bertz CT molecular complexity index is 913. The van der Waals surface area contributed by atoms with Crippen molar-refractivity contribution in [3.8, 4) is 11.5 Å². The number of halogens is 3. The Morgan fingerprint density at radius 2 is 1.57 bits per heavy atom. The number of likely N-dealkylation sites (tertiary alicyclic amines) is 1. The number of rotatable bonds is 11. The number of nitrogens with zero attached hydrogens (tertiary/aromatic N) is 2. The monoisotopic (exact) mass is 524 g/mol. The number of piperidine rings is 1. The lowest BCUT2D eigenvalue weighted by molar-refractivity contribution is -0.192. The summed E-state index contributed by atoms with van der Waals surface area (Å²) in [5, 5.41) is 7.12. The maximum Gasteiger partial charge on any atom is 0.490 e. The van der Waals surface area contributed by atoms with Gasteiger partial charge in [0.05, 0.1) is 6.61 Å². The van der Waals surface area contributed by atoms with Crippen LogP contribution in [0.25, 0.3) is 0 Å². The zero-order valence-corrected chi connectivity index (χ0v) is 22.0. The molecule has 206 valence electrons. The van der Waals surface area contributed by atoms with Crippen LogP contribution in [-0.4, -0.2) is 73.9 Å². The summed E-state index contributed by atoms with van der Waals surface area (Å²) in [4.78, 5) is 13.7. The summed E-state index contributed by atoms with van der Waals surface area (Å²) in [6.07, 6.45) is 1.07. The van der Waals surface area contributed by atoms with Gasteiger partial charge in [-0.1, -0.05) is 36.2 Å². The molecule has 0 radical (unpaired) electrons. The second kappa shape index (κ2) is 15.5. The fraction of sp³-hybridized carbons (Fsp3) is 0.536. The Hall–Kier alpha value is -2.78. The van der Waals surface area contributed by atoms with Gasteiger partial charge < -0.3 is 24.4 Å². The van der Waals surface area contributed by atoms with Gasteiger partial charge in [-0.3, -0.25) is 0 Å². The lowest BCUT2D eigenvalue weighted by Crippen LogP contribution is -2.31. The van der Waals surface area contributed by atoms with Crippen molar-refractivity contribution < 1.29 is 32.5 Å². The average molecular weight is 525 g/mol. The Morgan fingerprint density at radius 1 is 1.00 bits per heavy atom. The Balaban J connectivity index is 0.000000604. The number of carbonyl (C=O) groups is 1. The lowest BCUT2D eigenvalue weighted by Gasteiger charge is -2.26. The minimum atomic E-state index is -5.08. The third kappa shape index (κ3) is 12.3. The average Bonchev–Trinajstić information content (AvgIpc) is 2.86. The van der Waals surface area contributed by atoms with Gasteiger partial charge in [0.2, 0.25) is 0 Å². The van der Waals surface area contributed by atoms with E-state index in [0.717, 1.165) is 44.0 Å². The predicted octanol–water partition coefficient (Wildman–Crippen LogP) is 5.95. The number of carboxylic acid groups (broad SMARTS) is 1. The molecule has 1 atom stereocenters. The van der Waals surface area contributed by atoms with E-state index in [0.29, 0.717) is 0 Å². The van der Waals surface area contributed by atoms with Crippen LogP contribution >= 0.6 is 0 Å². The summed E-state index contributed by atoms with van der Waals surface area (Å²) in [7, 11) is 4.20. The fourth-order valence-electron chi connectivity index (χ4n) is 3.89. The number of benzene rings is 2. The van der Waals surface area contributed by atoms with Crippen LogP contribution < -0.4 is 9.47 Å². The van der Waals surface area contributed by atoms with E-state index < -0.39 is 12.1 Å². The first-order valence-corrected chi connectivity index (χ1v) is 12.7. The van der Waals surface area contributed by atoms with Crippen LogP contribution in [0.2, 0.25) is 0 Å². The molecule has 6 nitrogen and oxygen atoms in total. The van der Waals surface area contributed by atoms with Crippen LogP contribution in [0.15, 0.2) is 48.5 Å². The first kappa shape index (κ1) is 30.4. The number of aryl methyl sites for hydroxylation is 1. The van der Waals surface area contributed by atoms with Crippen molar-refractivity contribution in [2.75, 3.05) is 46.9 Å². The number of aliphatic carboxylic acids is 1. The zero-order valence-electron chi connectivity index (χ0n) is 22.0. The number of alkyl halides is 3. The van der Waals surface area contributed by atoms with E-state index in [1.165, 1.54) is 43.5 Å². The molecule has 1 saturated heterocycles. The molecule has 1 unspecified atom stereocenters. The Labute approximate surface area is 218 Å². The van der Waals surface area contributed by atoms with Gasteiger partial charge in [0, 0.05) is 19.5 Å². The summed E-state index contributed by atoms with van der Waals surface area (Å²) < 4.78 is 44.1. The molecule has 0 saturated carbocycles. The largest absolute Gasteiger partial charge is 0.494 e. The topological polar surface area (TPSA) is 62.2 Å². The first-order valence-electron chi connectivity index (χ1n) is 12.7. The maximum absolute atomic E-state index is 10.6. The Kier molecular flexibility index (Phi) is 12.7. The van der Waals surface area contributed by atoms with E-state index in [-0.39, 0.29) is 6.10 Å². The van der Waals surface area contributed by atoms with Gasteiger partial charge in [0.25, 0.3) is 0 Å². The molecule has 0 aliphatic carbocycles. The SMILES string of the molecule is Cc1ccc(OC(CCN(C)C)c2ccc(OCCCN3CCCCC3)cc2)cc1.O=C(O)C(F)(F)F. The van der Waals surface area contributed by atoms with Gasteiger partial charge in [-0.25, -0.2) is 4.79 Å². The lowest BCUT2D eigenvalue weighted by atomic mass is 10.1. The molecule has 1 fully saturated rings. The molecule has 1 N–H and O–H groups in total. The molecule has 2 aromatic carbocycles. The summed E-state index contributed by atoms with van der Waals surface area (Å²) in [5.74, 6) is -0.894. The second-order valence-electron chi connectivity index (χ2n) is 9.49. The van der Waals surface area contributed by atoms with Crippen molar-refractivity contribution in [2.24, 2.45) is 0 Å². The smallest absolute Gasteiger partial charge is 0.490 e. The van der Waals surface area contributed by atoms with E-state index in [9.17, 15) is 13.2 Å². The molecule has 1 aliphatic heterocycles. The van der Waals surface area contributed by atoms with E-state index >= 15 is 0 Å². The van der Waals surface area contributed by atoms with Crippen LogP contribution in [-0.2, 0) is 4.79 Å². The van der Waals surface area contributed by atoms with Crippen molar-refractivity contribution in [1.82, 2.24) is 9.80 Å². The van der Waals surface area contributed by atoms with E-state index in [2.05, 4.69) is 79.3 Å². The Morgan fingerprint density at radius 3 is 2.11 bits per heavy atom. The highest BCUT2D eigenvalue weighted by atomic mass is 19.4. The molecule has 0 amide bonds. The van der Waals surface area contributed by atoms with E-state index in [4.69, 9.17) is 19.4 Å². The number of carboxylic acids is 1. The molecule has 2 aromatic rings. The van der Waals surface area contributed by atoms with Crippen LogP contribution in [0, 0.1) is 6.92 Å². The summed E-state index contributed by atoms with van der Waals surface area (Å²) in [6.45, 7) is 7.51. The predicted molar refractivity (Wildman–Crippen MR) is 138 cm³/mol. The van der Waals surface area contributed by atoms with Crippen molar-refractivity contribution in [2.45, 2.75) is 51.3 Å². The minimum Gasteiger partial charge on any atom is -0.494 e. The molecule has 0 spiro atoms. The first-order chi connectivity index (χ1) is 17.5. The summed E-state index contributed by atoms with van der Waals surface area (Å²) >= 11 is 0. The summed E-state index contributed by atoms with van der Waals surface area (Å²) in [5.41, 5.74) is 2.44. The zero-order chi connectivity index (χ0) is 27.3. The minimum absolute atomic E-state index is 0.0308. The van der Waals surface area contributed by atoms with Crippen LogP contribution in [0.4, 0.5) is 13.2 Å². The van der Waals surface area contributed by atoms with Crippen LogP contribution in [0.1, 0.15) is 49.3 Å². The van der Waals surface area contributed by atoms with Gasteiger partial charge in [-0.05, 0) is 83.2 Å². The molecular formula is C28H39F3N2O4.